The highest BCUT2D eigenvalue weighted by molar-refractivity contribution is 7.46. The van der Waals surface area contributed by atoms with Gasteiger partial charge in [-0.3, -0.25) is 4.52 Å². The van der Waals surface area contributed by atoms with Crippen LogP contribution in [0.5, 0.6) is 0 Å². The fourth-order valence-electron chi connectivity index (χ4n) is 1.81. The summed E-state index contributed by atoms with van der Waals surface area (Å²) in [5.74, 6) is -0.0616. The topological polar surface area (TPSA) is 187 Å². The minimum absolute atomic E-state index is 0.0616. The zero-order valence-corrected chi connectivity index (χ0v) is 11.8. The van der Waals surface area contributed by atoms with Crippen LogP contribution in [-0.2, 0) is 13.8 Å². The number of nitrogen functional groups attached to an aromatic ring is 1. The molecule has 0 unspecified atom stereocenters. The van der Waals surface area contributed by atoms with Crippen molar-refractivity contribution in [3.8, 4) is 0 Å². The van der Waals surface area contributed by atoms with Crippen LogP contribution in [0.3, 0.4) is 0 Å². The fourth-order valence-corrected chi connectivity index (χ4v) is 2.35. The Bertz CT molecular complexity index is 631. The summed E-state index contributed by atoms with van der Waals surface area (Å²) in [6.07, 6.45) is -4.90. The molecule has 124 valence electrons. The predicted molar refractivity (Wildman–Crippen MR) is 68.2 cm³/mol. The average molecular weight is 339 g/mol. The highest BCUT2D eigenvalue weighted by Gasteiger charge is 2.49. The first-order chi connectivity index (χ1) is 10.2. The predicted octanol–water partition coefficient (Wildman–Crippen LogP) is -3.19. The molecule has 0 spiro atoms. The van der Waals surface area contributed by atoms with Crippen molar-refractivity contribution in [3.63, 3.8) is 0 Å². The number of rotatable bonds is 5. The molecule has 0 aromatic carbocycles. The molecule has 12 nitrogen and oxygen atoms in total. The standard InChI is InChI=1S/C9H14N3O9P/c10-5-1-2-12(9(15)11-5)20-8-7(21-22(16,17)18)6(14)4(3-13)19-8/h1-2,4,6-8,13-14H,3H2,(H2,10,11,15)(H2,16,17,18)/t4-,6-,7+,8+/m1/s1. The van der Waals surface area contributed by atoms with E-state index in [9.17, 15) is 14.5 Å². The highest BCUT2D eigenvalue weighted by Crippen LogP contribution is 2.41. The molecule has 0 radical (unpaired) electrons. The molecule has 2 heterocycles. The molecule has 0 amide bonds. The molecule has 1 aliphatic rings. The highest BCUT2D eigenvalue weighted by atomic mass is 31.2. The molecule has 1 aromatic rings. The summed E-state index contributed by atoms with van der Waals surface area (Å²) in [6, 6.07) is 1.23. The van der Waals surface area contributed by atoms with Gasteiger partial charge >= 0.3 is 13.5 Å². The van der Waals surface area contributed by atoms with Crippen LogP contribution in [0.15, 0.2) is 17.1 Å². The first kappa shape index (κ1) is 16.8. The maximum Gasteiger partial charge on any atom is 0.470 e. The normalized spacial score (nSPS) is 28.7. The second kappa shape index (κ2) is 6.30. The Morgan fingerprint density at radius 2 is 2.18 bits per heavy atom. The van der Waals surface area contributed by atoms with E-state index in [4.69, 9.17) is 30.2 Å². The third-order valence-corrected chi connectivity index (χ3v) is 3.26. The number of aromatic nitrogens is 2. The molecule has 1 aromatic heterocycles. The van der Waals surface area contributed by atoms with E-state index in [1.165, 1.54) is 6.07 Å². The van der Waals surface area contributed by atoms with Gasteiger partial charge in [-0.05, 0) is 0 Å². The Hall–Kier alpha value is -1.53. The average Bonchev–Trinajstić information content (AvgIpc) is 2.68. The molecule has 4 atom stereocenters. The monoisotopic (exact) mass is 339 g/mol. The van der Waals surface area contributed by atoms with Crippen molar-refractivity contribution in [2.24, 2.45) is 0 Å². The molecule has 2 rings (SSSR count). The summed E-state index contributed by atoms with van der Waals surface area (Å²) in [5, 5.41) is 18.9. The van der Waals surface area contributed by atoms with Gasteiger partial charge in [0.15, 0.2) is 6.10 Å². The van der Waals surface area contributed by atoms with Crippen molar-refractivity contribution in [1.29, 1.82) is 0 Å². The lowest BCUT2D eigenvalue weighted by molar-refractivity contribution is -0.171. The van der Waals surface area contributed by atoms with E-state index in [0.717, 1.165) is 6.20 Å². The van der Waals surface area contributed by atoms with Crippen molar-refractivity contribution in [2.45, 2.75) is 24.6 Å². The molecule has 1 aliphatic heterocycles. The number of aliphatic hydroxyl groups is 2. The van der Waals surface area contributed by atoms with Gasteiger partial charge in [-0.25, -0.2) is 9.36 Å². The van der Waals surface area contributed by atoms with Gasteiger partial charge in [0, 0.05) is 6.07 Å². The van der Waals surface area contributed by atoms with Crippen molar-refractivity contribution in [1.82, 2.24) is 9.71 Å². The molecular weight excluding hydrogens is 325 g/mol. The van der Waals surface area contributed by atoms with E-state index in [1.807, 2.05) is 0 Å². The van der Waals surface area contributed by atoms with Crippen LogP contribution in [0.4, 0.5) is 5.82 Å². The number of nitrogens with two attached hydrogens (primary N) is 1. The van der Waals surface area contributed by atoms with Crippen LogP contribution in [-0.4, -0.2) is 60.9 Å². The summed E-state index contributed by atoms with van der Waals surface area (Å²) < 4.78 is 21.0. The quantitative estimate of drug-likeness (QED) is 0.340. The van der Waals surface area contributed by atoms with Gasteiger partial charge in [0.05, 0.1) is 12.8 Å². The number of hydrogen-bond donors (Lipinski definition) is 5. The Kier molecular flexibility index (Phi) is 4.82. The Morgan fingerprint density at radius 1 is 1.50 bits per heavy atom. The van der Waals surface area contributed by atoms with Gasteiger partial charge in [-0.1, -0.05) is 0 Å². The zero-order valence-electron chi connectivity index (χ0n) is 10.9. The van der Waals surface area contributed by atoms with Gasteiger partial charge in [-0.2, -0.15) is 4.98 Å². The van der Waals surface area contributed by atoms with Gasteiger partial charge in [0.2, 0.25) is 0 Å². The zero-order chi connectivity index (χ0) is 16.5. The number of phosphoric ester groups is 1. The molecule has 22 heavy (non-hydrogen) atoms. The lowest BCUT2D eigenvalue weighted by Crippen LogP contribution is -2.43. The lowest BCUT2D eigenvalue weighted by Gasteiger charge is -2.21. The van der Waals surface area contributed by atoms with Gasteiger partial charge in [0.25, 0.3) is 6.29 Å². The van der Waals surface area contributed by atoms with Gasteiger partial charge < -0.3 is 35.3 Å². The van der Waals surface area contributed by atoms with E-state index in [2.05, 4.69) is 9.51 Å². The lowest BCUT2D eigenvalue weighted by atomic mass is 10.1. The Balaban J connectivity index is 2.22. The smallest absolute Gasteiger partial charge is 0.394 e. The summed E-state index contributed by atoms with van der Waals surface area (Å²) in [4.78, 5) is 37.6. The van der Waals surface area contributed by atoms with Crippen molar-refractivity contribution in [3.05, 3.63) is 22.7 Å². The number of hydrogen-bond acceptors (Lipinski definition) is 9. The molecule has 6 N–H and O–H groups in total. The molecule has 1 fully saturated rings. The second-order valence-corrected chi connectivity index (χ2v) is 5.53. The summed E-state index contributed by atoms with van der Waals surface area (Å²) in [6.45, 7) is -0.656. The molecule has 0 aliphatic carbocycles. The van der Waals surface area contributed by atoms with Crippen molar-refractivity contribution < 1.29 is 38.7 Å². The van der Waals surface area contributed by atoms with E-state index in [1.54, 1.807) is 0 Å². The molecule has 0 bridgehead atoms. The van der Waals surface area contributed by atoms with Crippen LogP contribution in [0.2, 0.25) is 0 Å². The minimum Gasteiger partial charge on any atom is -0.394 e. The van der Waals surface area contributed by atoms with E-state index < -0.39 is 44.7 Å². The molecule has 0 saturated carbocycles. The third kappa shape index (κ3) is 3.81. The van der Waals surface area contributed by atoms with Crippen LogP contribution >= 0.6 is 7.82 Å². The second-order valence-electron chi connectivity index (χ2n) is 4.34. The van der Waals surface area contributed by atoms with E-state index >= 15 is 0 Å². The first-order valence-electron chi connectivity index (χ1n) is 5.92. The van der Waals surface area contributed by atoms with Crippen molar-refractivity contribution >= 4 is 13.6 Å². The van der Waals surface area contributed by atoms with Crippen LogP contribution in [0, 0.1) is 0 Å². The minimum atomic E-state index is -4.98. The number of aliphatic hydroxyl groups excluding tert-OH is 2. The van der Waals surface area contributed by atoms with Crippen LogP contribution in [0.1, 0.15) is 0 Å². The maximum absolute atomic E-state index is 11.5. The largest absolute Gasteiger partial charge is 0.470 e. The van der Waals surface area contributed by atoms with Crippen LogP contribution in [0.25, 0.3) is 0 Å². The van der Waals surface area contributed by atoms with E-state index in [-0.39, 0.29) is 5.82 Å². The summed E-state index contributed by atoms with van der Waals surface area (Å²) >= 11 is 0. The summed E-state index contributed by atoms with van der Waals surface area (Å²) in [5.41, 5.74) is 4.38. The van der Waals surface area contributed by atoms with E-state index in [0.29, 0.717) is 4.73 Å². The summed E-state index contributed by atoms with van der Waals surface area (Å²) in [7, 11) is -4.98. The first-order valence-corrected chi connectivity index (χ1v) is 7.45. The van der Waals surface area contributed by atoms with Gasteiger partial charge in [0.1, 0.15) is 18.0 Å². The number of nitrogens with zero attached hydrogens (tertiary/aromatic N) is 2. The maximum atomic E-state index is 11.5. The van der Waals surface area contributed by atoms with Crippen LogP contribution < -0.4 is 16.3 Å². The third-order valence-electron chi connectivity index (χ3n) is 2.75. The van der Waals surface area contributed by atoms with Crippen molar-refractivity contribution in [2.75, 3.05) is 12.3 Å². The Labute approximate surface area is 122 Å². The molecule has 13 heteroatoms. The number of anilines is 1. The number of phosphoric acid groups is 1. The number of ether oxygens (including phenoxy) is 1. The fraction of sp³-hybridized carbons (Fsp3) is 0.556. The molecular formula is C9H14N3O9P. The molecule has 1 saturated heterocycles. The van der Waals surface area contributed by atoms with Gasteiger partial charge in [-0.15, -0.1) is 4.73 Å². The SMILES string of the molecule is Nc1ccn(O[C@@H]2O[C@H](CO)[C@@H](O)[C@@H]2OP(=O)(O)O)c(=O)n1. The Morgan fingerprint density at radius 3 is 2.73 bits per heavy atom.